The molecule has 3 rings (SSSR count). The van der Waals surface area contributed by atoms with Crippen LogP contribution < -0.4 is 10.6 Å². The predicted octanol–water partition coefficient (Wildman–Crippen LogP) is 2.38. The Morgan fingerprint density at radius 2 is 1.92 bits per heavy atom. The van der Waals surface area contributed by atoms with Gasteiger partial charge in [-0.2, -0.15) is 0 Å². The van der Waals surface area contributed by atoms with E-state index in [2.05, 4.69) is 20.5 Å². The number of nitrogens with one attached hydrogen (secondary N) is 2. The van der Waals surface area contributed by atoms with Crippen molar-refractivity contribution in [3.05, 3.63) is 35.6 Å². The van der Waals surface area contributed by atoms with Crippen LogP contribution in [-0.4, -0.2) is 56.8 Å². The molecule has 0 radical (unpaired) electrons. The van der Waals surface area contributed by atoms with E-state index in [0.717, 1.165) is 64.1 Å². The van der Waals surface area contributed by atoms with Crippen molar-refractivity contribution in [1.82, 2.24) is 15.5 Å². The molecule has 0 aromatic heterocycles. The summed E-state index contributed by atoms with van der Waals surface area (Å²) in [6, 6.07) is 7.26. The van der Waals surface area contributed by atoms with Crippen LogP contribution >= 0.6 is 0 Å². The minimum Gasteiger partial charge on any atom is -0.379 e. The number of nitrogens with zero attached hydrogens (tertiary/aromatic N) is 2. The van der Waals surface area contributed by atoms with E-state index in [0.29, 0.717) is 6.04 Å². The largest absolute Gasteiger partial charge is 0.379 e. The third kappa shape index (κ3) is 6.57. The molecule has 1 saturated carbocycles. The van der Waals surface area contributed by atoms with E-state index in [4.69, 9.17) is 4.74 Å². The molecule has 0 amide bonds. The van der Waals surface area contributed by atoms with Gasteiger partial charge in [0.1, 0.15) is 5.82 Å². The number of ether oxygens (including phenoxy) is 1. The summed E-state index contributed by atoms with van der Waals surface area (Å²) in [5.74, 6) is 1.50. The number of benzene rings is 1. The van der Waals surface area contributed by atoms with Crippen LogP contribution in [0.2, 0.25) is 0 Å². The van der Waals surface area contributed by atoms with Gasteiger partial charge in [0.05, 0.1) is 6.61 Å². The highest BCUT2D eigenvalue weighted by Gasteiger charge is 2.21. The third-order valence-corrected chi connectivity index (χ3v) is 5.06. The number of guanidine groups is 1. The Morgan fingerprint density at radius 3 is 2.58 bits per heavy atom. The van der Waals surface area contributed by atoms with Crippen molar-refractivity contribution in [3.63, 3.8) is 0 Å². The zero-order chi connectivity index (χ0) is 18.2. The van der Waals surface area contributed by atoms with Crippen molar-refractivity contribution in [3.8, 4) is 0 Å². The van der Waals surface area contributed by atoms with Gasteiger partial charge in [0, 0.05) is 45.9 Å². The second-order valence-electron chi connectivity index (χ2n) is 7.34. The molecule has 0 bridgehead atoms. The van der Waals surface area contributed by atoms with Gasteiger partial charge in [0.15, 0.2) is 5.96 Å². The number of halogens is 1. The SMILES string of the molecule is CN=C(NCCOCC1CC1)NC1CCN(Cc2ccc(F)cc2)CC1. The van der Waals surface area contributed by atoms with Gasteiger partial charge in [-0.25, -0.2) is 4.39 Å². The molecule has 0 unspecified atom stereocenters. The average molecular weight is 362 g/mol. The highest BCUT2D eigenvalue weighted by atomic mass is 19.1. The minimum atomic E-state index is -0.173. The van der Waals surface area contributed by atoms with Crippen molar-refractivity contribution in [1.29, 1.82) is 0 Å². The van der Waals surface area contributed by atoms with Gasteiger partial charge >= 0.3 is 0 Å². The minimum absolute atomic E-state index is 0.173. The van der Waals surface area contributed by atoms with E-state index in [1.807, 2.05) is 19.2 Å². The van der Waals surface area contributed by atoms with Gasteiger partial charge in [-0.3, -0.25) is 9.89 Å². The van der Waals surface area contributed by atoms with Gasteiger partial charge in [-0.15, -0.1) is 0 Å². The summed E-state index contributed by atoms with van der Waals surface area (Å²) < 4.78 is 18.6. The molecule has 1 heterocycles. The maximum atomic E-state index is 13.0. The Bertz CT molecular complexity index is 566. The molecule has 2 fully saturated rings. The maximum absolute atomic E-state index is 13.0. The number of piperidine rings is 1. The molecule has 1 aliphatic heterocycles. The standard InChI is InChI=1S/C20H31FN4O/c1-22-20(23-10-13-26-15-17-2-3-17)24-19-8-11-25(12-9-19)14-16-4-6-18(21)7-5-16/h4-7,17,19H,2-3,8-15H2,1H3,(H2,22,23,24). The quantitative estimate of drug-likeness (QED) is 0.424. The van der Waals surface area contributed by atoms with Crippen LogP contribution in [0.5, 0.6) is 0 Å². The summed E-state index contributed by atoms with van der Waals surface area (Å²) in [5.41, 5.74) is 1.17. The molecule has 1 aliphatic carbocycles. The van der Waals surface area contributed by atoms with E-state index < -0.39 is 0 Å². The zero-order valence-corrected chi connectivity index (χ0v) is 15.7. The summed E-state index contributed by atoms with van der Waals surface area (Å²) in [5, 5.41) is 6.85. The molecule has 2 aliphatic rings. The molecule has 6 heteroatoms. The number of likely N-dealkylation sites (tertiary alicyclic amines) is 1. The Hall–Kier alpha value is -1.66. The summed E-state index contributed by atoms with van der Waals surface area (Å²) in [6.07, 6.45) is 4.83. The predicted molar refractivity (Wildman–Crippen MR) is 103 cm³/mol. The lowest BCUT2D eigenvalue weighted by atomic mass is 10.0. The topological polar surface area (TPSA) is 48.9 Å². The van der Waals surface area contributed by atoms with Crippen LogP contribution in [0.1, 0.15) is 31.2 Å². The molecule has 0 atom stereocenters. The van der Waals surface area contributed by atoms with Gasteiger partial charge in [0.25, 0.3) is 0 Å². The van der Waals surface area contributed by atoms with Crippen LogP contribution in [-0.2, 0) is 11.3 Å². The number of hydrogen-bond acceptors (Lipinski definition) is 3. The van der Waals surface area contributed by atoms with Crippen molar-refractivity contribution in [2.75, 3.05) is 39.9 Å². The molecule has 1 saturated heterocycles. The van der Waals surface area contributed by atoms with E-state index in [9.17, 15) is 4.39 Å². The highest BCUT2D eigenvalue weighted by molar-refractivity contribution is 5.79. The molecule has 26 heavy (non-hydrogen) atoms. The first-order valence-corrected chi connectivity index (χ1v) is 9.74. The molecule has 144 valence electrons. The van der Waals surface area contributed by atoms with E-state index >= 15 is 0 Å². The van der Waals surface area contributed by atoms with Gasteiger partial charge < -0.3 is 15.4 Å². The average Bonchev–Trinajstić information content (AvgIpc) is 3.48. The Labute approximate surface area is 156 Å². The first-order valence-electron chi connectivity index (χ1n) is 9.74. The number of aliphatic imine (C=N–C) groups is 1. The second kappa shape index (κ2) is 9.88. The second-order valence-corrected chi connectivity index (χ2v) is 7.34. The van der Waals surface area contributed by atoms with Crippen molar-refractivity contribution >= 4 is 5.96 Å². The van der Waals surface area contributed by atoms with Crippen molar-refractivity contribution < 1.29 is 9.13 Å². The molecule has 1 aromatic rings. The van der Waals surface area contributed by atoms with Crippen molar-refractivity contribution in [2.24, 2.45) is 10.9 Å². The van der Waals surface area contributed by atoms with Crippen LogP contribution in [0.25, 0.3) is 0 Å². The molecular weight excluding hydrogens is 331 g/mol. The number of hydrogen-bond donors (Lipinski definition) is 2. The lowest BCUT2D eigenvalue weighted by molar-refractivity contribution is 0.129. The van der Waals surface area contributed by atoms with Gasteiger partial charge in [-0.1, -0.05) is 12.1 Å². The first-order chi connectivity index (χ1) is 12.7. The van der Waals surface area contributed by atoms with Gasteiger partial charge in [-0.05, 0) is 49.3 Å². The van der Waals surface area contributed by atoms with E-state index in [1.54, 1.807) is 0 Å². The molecule has 0 spiro atoms. The fourth-order valence-electron chi connectivity index (χ4n) is 3.25. The maximum Gasteiger partial charge on any atom is 0.191 e. The Balaban J connectivity index is 1.30. The smallest absolute Gasteiger partial charge is 0.191 e. The summed E-state index contributed by atoms with van der Waals surface area (Å²) in [6.45, 7) is 5.38. The van der Waals surface area contributed by atoms with Crippen molar-refractivity contribution in [2.45, 2.75) is 38.3 Å². The van der Waals surface area contributed by atoms with E-state index in [1.165, 1.54) is 30.5 Å². The summed E-state index contributed by atoms with van der Waals surface area (Å²) >= 11 is 0. The van der Waals surface area contributed by atoms with Gasteiger partial charge in [0.2, 0.25) is 0 Å². The van der Waals surface area contributed by atoms with Crippen LogP contribution in [0.4, 0.5) is 4.39 Å². The molecule has 2 N–H and O–H groups in total. The first kappa shape index (κ1) is 19.1. The highest BCUT2D eigenvalue weighted by Crippen LogP contribution is 2.28. The third-order valence-electron chi connectivity index (χ3n) is 5.06. The van der Waals surface area contributed by atoms with Crippen LogP contribution in [0.15, 0.2) is 29.3 Å². The zero-order valence-electron chi connectivity index (χ0n) is 15.7. The molecular formula is C20H31FN4O. The monoisotopic (exact) mass is 362 g/mol. The molecule has 1 aromatic carbocycles. The van der Waals surface area contributed by atoms with Crippen LogP contribution in [0, 0.1) is 11.7 Å². The number of rotatable bonds is 8. The summed E-state index contributed by atoms with van der Waals surface area (Å²) in [7, 11) is 1.81. The lowest BCUT2D eigenvalue weighted by Gasteiger charge is -2.33. The fraction of sp³-hybridized carbons (Fsp3) is 0.650. The van der Waals surface area contributed by atoms with Crippen LogP contribution in [0.3, 0.4) is 0 Å². The summed E-state index contributed by atoms with van der Waals surface area (Å²) in [4.78, 5) is 6.74. The van der Waals surface area contributed by atoms with E-state index in [-0.39, 0.29) is 5.82 Å². The normalized spacial score (nSPS) is 19.5. The Morgan fingerprint density at radius 1 is 1.19 bits per heavy atom. The molecule has 5 nitrogen and oxygen atoms in total. The fourth-order valence-corrected chi connectivity index (χ4v) is 3.25. The lowest BCUT2D eigenvalue weighted by Crippen LogP contribution is -2.49. The Kier molecular flexibility index (Phi) is 7.26.